The molecule has 0 spiro atoms. The number of nitrogens with zero attached hydrogens (tertiary/aromatic N) is 1. The highest BCUT2D eigenvalue weighted by Gasteiger charge is 2.08. The number of halogens is 1. The van der Waals surface area contributed by atoms with Crippen LogP contribution < -0.4 is 5.32 Å². The fraction of sp³-hybridized carbons (Fsp3) is 0.455. The van der Waals surface area contributed by atoms with Gasteiger partial charge in [0.05, 0.1) is 17.2 Å². The molecule has 89 valence electrons. The molecule has 0 saturated heterocycles. The standard InChI is InChI=1S/C11H15ClNO2S/c12-7-10-16(14,15)9-4-8-13-11-5-2-1-3-6-11/h1-3,5-6H,4,7-10H2. The Bertz CT molecular complexity index is 392. The van der Waals surface area contributed by atoms with Crippen LogP contribution in [-0.4, -0.2) is 32.3 Å². The van der Waals surface area contributed by atoms with Gasteiger partial charge in [0.1, 0.15) is 0 Å². The van der Waals surface area contributed by atoms with Crippen LogP contribution in [0.1, 0.15) is 6.42 Å². The van der Waals surface area contributed by atoms with Crippen LogP contribution in [0.25, 0.3) is 0 Å². The summed E-state index contributed by atoms with van der Waals surface area (Å²) in [6, 6.07) is 9.52. The second-order valence-electron chi connectivity index (χ2n) is 3.41. The first kappa shape index (κ1) is 13.3. The lowest BCUT2D eigenvalue weighted by atomic mass is 10.3. The van der Waals surface area contributed by atoms with E-state index in [1.807, 2.05) is 30.3 Å². The lowest BCUT2D eigenvalue weighted by molar-refractivity contribution is 0.593. The Kier molecular flexibility index (Phi) is 5.63. The van der Waals surface area contributed by atoms with E-state index in [1.165, 1.54) is 0 Å². The molecule has 1 aromatic carbocycles. The Hall–Kier alpha value is -0.740. The van der Waals surface area contributed by atoms with Crippen LogP contribution >= 0.6 is 11.6 Å². The van der Waals surface area contributed by atoms with E-state index in [9.17, 15) is 8.42 Å². The van der Waals surface area contributed by atoms with E-state index < -0.39 is 9.84 Å². The fourth-order valence-electron chi connectivity index (χ4n) is 1.25. The average Bonchev–Trinajstić information content (AvgIpc) is 2.26. The van der Waals surface area contributed by atoms with Gasteiger partial charge in [0.25, 0.3) is 0 Å². The minimum absolute atomic E-state index is 0.0554. The number of sulfone groups is 1. The van der Waals surface area contributed by atoms with E-state index in [0.717, 1.165) is 5.69 Å². The molecule has 0 N–H and O–H groups in total. The third-order valence-corrected chi connectivity index (χ3v) is 4.20. The quantitative estimate of drug-likeness (QED) is 0.556. The van der Waals surface area contributed by atoms with E-state index in [4.69, 9.17) is 11.6 Å². The zero-order chi connectivity index (χ0) is 11.9. The Morgan fingerprint density at radius 3 is 2.44 bits per heavy atom. The van der Waals surface area contributed by atoms with Crippen LogP contribution in [0, 0.1) is 0 Å². The van der Waals surface area contributed by atoms with Crippen molar-refractivity contribution in [1.82, 2.24) is 5.32 Å². The molecule has 0 aliphatic carbocycles. The second-order valence-corrected chi connectivity index (χ2v) is 6.09. The molecule has 0 unspecified atom stereocenters. The summed E-state index contributed by atoms with van der Waals surface area (Å²) in [7, 11) is -2.98. The van der Waals surface area contributed by atoms with E-state index >= 15 is 0 Å². The van der Waals surface area contributed by atoms with Gasteiger partial charge in [-0.2, -0.15) is 0 Å². The maximum absolute atomic E-state index is 11.3. The van der Waals surface area contributed by atoms with E-state index in [0.29, 0.717) is 13.0 Å². The van der Waals surface area contributed by atoms with Gasteiger partial charge in [-0.1, -0.05) is 18.2 Å². The topological polar surface area (TPSA) is 48.2 Å². The molecule has 0 heterocycles. The smallest absolute Gasteiger partial charge is 0.151 e. The van der Waals surface area contributed by atoms with E-state index in [1.54, 1.807) is 0 Å². The highest BCUT2D eigenvalue weighted by molar-refractivity contribution is 7.91. The molecule has 0 fully saturated rings. The minimum Gasteiger partial charge on any atom is -0.285 e. The van der Waals surface area contributed by atoms with Crippen molar-refractivity contribution in [2.75, 3.05) is 23.9 Å². The van der Waals surface area contributed by atoms with Crippen molar-refractivity contribution in [1.29, 1.82) is 0 Å². The van der Waals surface area contributed by atoms with Crippen molar-refractivity contribution >= 4 is 27.1 Å². The summed E-state index contributed by atoms with van der Waals surface area (Å²) in [6.07, 6.45) is 0.550. The number of para-hydroxylation sites is 1. The van der Waals surface area contributed by atoms with Gasteiger partial charge in [0.15, 0.2) is 9.84 Å². The van der Waals surface area contributed by atoms with Gasteiger partial charge < -0.3 is 0 Å². The lowest BCUT2D eigenvalue weighted by Crippen LogP contribution is -2.14. The zero-order valence-electron chi connectivity index (χ0n) is 8.97. The van der Waals surface area contributed by atoms with Crippen LogP contribution in [0.3, 0.4) is 0 Å². The largest absolute Gasteiger partial charge is 0.285 e. The van der Waals surface area contributed by atoms with Crippen LogP contribution in [0.2, 0.25) is 0 Å². The molecule has 0 amide bonds. The predicted octanol–water partition coefficient (Wildman–Crippen LogP) is 1.97. The molecule has 0 saturated carbocycles. The third-order valence-electron chi connectivity index (χ3n) is 2.05. The Morgan fingerprint density at radius 1 is 1.12 bits per heavy atom. The summed E-state index contributed by atoms with van der Waals surface area (Å²) in [6.45, 7) is 0.533. The zero-order valence-corrected chi connectivity index (χ0v) is 10.5. The van der Waals surface area contributed by atoms with Crippen molar-refractivity contribution in [3.05, 3.63) is 30.3 Å². The SMILES string of the molecule is O=S(=O)(CCCl)CCC[N]c1ccccc1. The maximum Gasteiger partial charge on any atom is 0.151 e. The molecule has 0 aliphatic rings. The van der Waals surface area contributed by atoms with Gasteiger partial charge in [-0.15, -0.1) is 11.6 Å². The van der Waals surface area contributed by atoms with Crippen LogP contribution in [0.4, 0.5) is 5.69 Å². The number of benzene rings is 1. The van der Waals surface area contributed by atoms with Gasteiger partial charge in [0.2, 0.25) is 0 Å². The molecule has 1 radical (unpaired) electrons. The first-order valence-electron chi connectivity index (χ1n) is 5.13. The van der Waals surface area contributed by atoms with Crippen molar-refractivity contribution < 1.29 is 8.42 Å². The highest BCUT2D eigenvalue weighted by atomic mass is 35.5. The Balaban J connectivity index is 2.22. The van der Waals surface area contributed by atoms with Crippen LogP contribution in [0.5, 0.6) is 0 Å². The molecule has 1 rings (SSSR count). The van der Waals surface area contributed by atoms with E-state index in [2.05, 4.69) is 5.32 Å². The first-order chi connectivity index (χ1) is 7.64. The fourth-order valence-corrected chi connectivity index (χ4v) is 2.96. The van der Waals surface area contributed by atoms with Gasteiger partial charge in [-0.3, -0.25) is 5.32 Å². The molecule has 3 nitrogen and oxygen atoms in total. The minimum atomic E-state index is -2.98. The van der Waals surface area contributed by atoms with Crippen molar-refractivity contribution in [3.8, 4) is 0 Å². The average molecular weight is 261 g/mol. The van der Waals surface area contributed by atoms with Gasteiger partial charge >= 0.3 is 0 Å². The number of alkyl halides is 1. The maximum atomic E-state index is 11.3. The molecular weight excluding hydrogens is 246 g/mol. The van der Waals surface area contributed by atoms with Gasteiger partial charge in [-0.05, 0) is 18.6 Å². The molecular formula is C11H15ClNO2S. The van der Waals surface area contributed by atoms with Crippen LogP contribution in [0.15, 0.2) is 30.3 Å². The molecule has 16 heavy (non-hydrogen) atoms. The Labute approximate surface area is 102 Å². The molecule has 0 aliphatic heterocycles. The monoisotopic (exact) mass is 260 g/mol. The Morgan fingerprint density at radius 2 is 1.81 bits per heavy atom. The summed E-state index contributed by atoms with van der Waals surface area (Å²) in [4.78, 5) is 0. The van der Waals surface area contributed by atoms with Gasteiger partial charge in [0, 0.05) is 12.4 Å². The molecule has 1 aromatic rings. The van der Waals surface area contributed by atoms with Crippen molar-refractivity contribution in [2.24, 2.45) is 0 Å². The summed E-state index contributed by atoms with van der Waals surface area (Å²) in [5.41, 5.74) is 0.886. The van der Waals surface area contributed by atoms with Crippen molar-refractivity contribution in [3.63, 3.8) is 0 Å². The molecule has 0 bridgehead atoms. The molecule has 0 atom stereocenters. The summed E-state index contributed by atoms with van der Waals surface area (Å²) in [5, 5.41) is 4.27. The number of rotatable bonds is 7. The summed E-state index contributed by atoms with van der Waals surface area (Å²) < 4.78 is 22.6. The normalized spacial score (nSPS) is 11.3. The van der Waals surface area contributed by atoms with E-state index in [-0.39, 0.29) is 17.4 Å². The van der Waals surface area contributed by atoms with Crippen LogP contribution in [-0.2, 0) is 9.84 Å². The third kappa shape index (κ3) is 5.37. The van der Waals surface area contributed by atoms with Gasteiger partial charge in [-0.25, -0.2) is 8.42 Å². The lowest BCUT2D eigenvalue weighted by Gasteiger charge is -2.03. The second kappa shape index (κ2) is 6.76. The number of hydrogen-bond acceptors (Lipinski definition) is 2. The molecule has 5 heteroatoms. The predicted molar refractivity (Wildman–Crippen MR) is 67.1 cm³/mol. The summed E-state index contributed by atoms with van der Waals surface area (Å²) >= 11 is 5.39. The van der Waals surface area contributed by atoms with Crippen molar-refractivity contribution in [2.45, 2.75) is 6.42 Å². The summed E-state index contributed by atoms with van der Waals surface area (Å²) in [5.74, 6) is 0.383. The number of hydrogen-bond donors (Lipinski definition) is 0. The molecule has 0 aromatic heterocycles. The first-order valence-corrected chi connectivity index (χ1v) is 7.48. The highest BCUT2D eigenvalue weighted by Crippen LogP contribution is 2.05.